The molecule has 186 valence electrons. The molecule has 2 N–H and O–H groups in total. The third-order valence-corrected chi connectivity index (χ3v) is 6.75. The number of para-hydroxylation sites is 2. The summed E-state index contributed by atoms with van der Waals surface area (Å²) in [5.74, 6) is 0.964. The molecule has 0 radical (unpaired) electrons. The maximum absolute atomic E-state index is 13.2. The van der Waals surface area contributed by atoms with Gasteiger partial charge in [0.2, 0.25) is 0 Å². The summed E-state index contributed by atoms with van der Waals surface area (Å²) in [5.41, 5.74) is 4.84. The molecule has 2 aliphatic heterocycles. The van der Waals surface area contributed by atoms with Gasteiger partial charge >= 0.3 is 0 Å². The van der Waals surface area contributed by atoms with Crippen LogP contribution in [0.5, 0.6) is 0 Å². The highest BCUT2D eigenvalue weighted by Gasteiger charge is 2.30. The number of carbonyl (C=O) groups excluding carboxylic acids is 1. The Bertz CT molecular complexity index is 1290. The molecule has 6 nitrogen and oxygen atoms in total. The zero-order valence-corrected chi connectivity index (χ0v) is 21.8. The van der Waals surface area contributed by atoms with E-state index < -0.39 is 0 Å². The Hall–Kier alpha value is -2.35. The van der Waals surface area contributed by atoms with E-state index in [1.54, 1.807) is 0 Å². The second-order valence-corrected chi connectivity index (χ2v) is 8.72. The molecule has 3 aromatic carbocycles. The summed E-state index contributed by atoms with van der Waals surface area (Å²) in [7, 11) is 0. The van der Waals surface area contributed by atoms with Crippen LogP contribution in [-0.2, 0) is 0 Å². The molecule has 0 spiro atoms. The highest BCUT2D eigenvalue weighted by molar-refractivity contribution is 6.26. The summed E-state index contributed by atoms with van der Waals surface area (Å²) >= 11 is 0. The molecule has 0 atom stereocenters. The van der Waals surface area contributed by atoms with E-state index in [9.17, 15) is 4.79 Å². The van der Waals surface area contributed by atoms with E-state index in [-0.39, 0.29) is 43.1 Å². The number of nitrogens with one attached hydrogen (secondary N) is 2. The molecule has 35 heavy (non-hydrogen) atoms. The van der Waals surface area contributed by atoms with Crippen LogP contribution < -0.4 is 10.2 Å². The highest BCUT2D eigenvalue weighted by Crippen LogP contribution is 2.41. The number of carbonyl (C=O) groups is 1. The van der Waals surface area contributed by atoms with Crippen LogP contribution >= 0.6 is 37.2 Å². The molecule has 4 aromatic rings. The lowest BCUT2D eigenvalue weighted by atomic mass is 10.00. The number of anilines is 1. The van der Waals surface area contributed by atoms with Crippen LogP contribution in [0.2, 0.25) is 0 Å². The Morgan fingerprint density at radius 3 is 2.40 bits per heavy atom. The fraction of sp³-hybridized carbons (Fsp3) is 0.308. The number of piperazine rings is 1. The third-order valence-electron chi connectivity index (χ3n) is 6.75. The Kier molecular flexibility index (Phi) is 9.02. The fourth-order valence-electron chi connectivity index (χ4n) is 5.09. The van der Waals surface area contributed by atoms with Gasteiger partial charge in [-0.15, -0.1) is 37.2 Å². The average Bonchev–Trinajstić information content (AvgIpc) is 3.38. The van der Waals surface area contributed by atoms with Crippen LogP contribution in [0, 0.1) is 0 Å². The molecular weight excluding hydrogens is 505 g/mol. The quantitative estimate of drug-likeness (QED) is 0.330. The highest BCUT2D eigenvalue weighted by atomic mass is 35.5. The number of hydrogen-bond acceptors (Lipinski definition) is 4. The lowest BCUT2D eigenvalue weighted by Gasteiger charge is -2.27. The van der Waals surface area contributed by atoms with Gasteiger partial charge in [0.15, 0.2) is 0 Å². The number of fused-ring (bicyclic) bond motifs is 1. The first-order valence-corrected chi connectivity index (χ1v) is 11.6. The molecule has 1 fully saturated rings. The van der Waals surface area contributed by atoms with E-state index >= 15 is 0 Å². The molecule has 1 aromatic heterocycles. The number of H-pyrrole nitrogens is 1. The van der Waals surface area contributed by atoms with Crippen LogP contribution in [-0.4, -0.2) is 60.0 Å². The van der Waals surface area contributed by atoms with Crippen LogP contribution in [0.4, 0.5) is 5.69 Å². The predicted molar refractivity (Wildman–Crippen MR) is 151 cm³/mol. The average molecular weight is 535 g/mol. The number of aromatic amines is 1. The molecule has 3 heterocycles. The van der Waals surface area contributed by atoms with Gasteiger partial charge in [-0.25, -0.2) is 4.98 Å². The largest absolute Gasteiger partial charge is 0.338 e. The summed E-state index contributed by atoms with van der Waals surface area (Å²) in [6, 6.07) is 18.3. The normalized spacial score (nSPS) is 15.1. The van der Waals surface area contributed by atoms with Gasteiger partial charge in [-0.1, -0.05) is 24.3 Å². The molecule has 1 saturated heterocycles. The molecule has 6 rings (SSSR count). The summed E-state index contributed by atoms with van der Waals surface area (Å²) in [6.07, 6.45) is 2.12. The number of aromatic nitrogens is 2. The van der Waals surface area contributed by atoms with Gasteiger partial charge in [0, 0.05) is 49.2 Å². The van der Waals surface area contributed by atoms with E-state index in [0.717, 1.165) is 96.6 Å². The number of unbranched alkanes of at least 4 members (excludes halogenated alkanes) is 1. The topological polar surface area (TPSA) is 64.3 Å². The van der Waals surface area contributed by atoms with Crippen molar-refractivity contribution in [3.63, 3.8) is 0 Å². The Morgan fingerprint density at radius 1 is 0.829 bits per heavy atom. The van der Waals surface area contributed by atoms with Crippen molar-refractivity contribution in [3.05, 3.63) is 60.2 Å². The van der Waals surface area contributed by atoms with Crippen molar-refractivity contribution < 1.29 is 4.79 Å². The lowest BCUT2D eigenvalue weighted by Crippen LogP contribution is -2.43. The second-order valence-electron chi connectivity index (χ2n) is 8.72. The van der Waals surface area contributed by atoms with Gasteiger partial charge in [0.1, 0.15) is 5.82 Å². The zero-order chi connectivity index (χ0) is 21.5. The third kappa shape index (κ3) is 4.99. The maximum atomic E-state index is 13.2. The monoisotopic (exact) mass is 533 g/mol. The van der Waals surface area contributed by atoms with Crippen molar-refractivity contribution in [2.75, 3.05) is 44.2 Å². The van der Waals surface area contributed by atoms with Crippen molar-refractivity contribution in [1.29, 1.82) is 0 Å². The molecule has 0 unspecified atom stereocenters. The number of benzene rings is 3. The first kappa shape index (κ1) is 27.2. The molecule has 1 amide bonds. The first-order valence-electron chi connectivity index (χ1n) is 11.6. The molecule has 0 aliphatic carbocycles. The van der Waals surface area contributed by atoms with E-state index in [1.165, 1.54) is 0 Å². The van der Waals surface area contributed by atoms with Crippen LogP contribution in [0.1, 0.15) is 23.2 Å². The van der Waals surface area contributed by atoms with Gasteiger partial charge in [0.05, 0.1) is 16.7 Å². The molecular formula is C26H30Cl3N5O. The number of imidazole rings is 1. The Balaban J connectivity index is 0.00000114. The Labute approximate surface area is 223 Å². The number of rotatable bonds is 6. The summed E-state index contributed by atoms with van der Waals surface area (Å²) in [6.45, 7) is 6.27. The van der Waals surface area contributed by atoms with E-state index in [0.29, 0.717) is 0 Å². The van der Waals surface area contributed by atoms with E-state index in [4.69, 9.17) is 4.98 Å². The minimum Gasteiger partial charge on any atom is -0.338 e. The number of halogens is 3. The maximum Gasteiger partial charge on any atom is 0.258 e. The van der Waals surface area contributed by atoms with Gasteiger partial charge in [0.25, 0.3) is 5.91 Å². The Morgan fingerprint density at radius 2 is 1.60 bits per heavy atom. The predicted octanol–water partition coefficient (Wildman–Crippen LogP) is 5.29. The van der Waals surface area contributed by atoms with Gasteiger partial charge < -0.3 is 20.1 Å². The number of amides is 1. The van der Waals surface area contributed by atoms with Gasteiger partial charge in [-0.3, -0.25) is 4.79 Å². The second kappa shape index (κ2) is 11.6. The van der Waals surface area contributed by atoms with Crippen LogP contribution in [0.25, 0.3) is 33.2 Å². The minimum absolute atomic E-state index is 0. The van der Waals surface area contributed by atoms with Crippen LogP contribution in [0.3, 0.4) is 0 Å². The number of hydrogen-bond donors (Lipinski definition) is 2. The SMILES string of the molecule is Cl.Cl.Cl.O=C1c2cccc3c(-c4nc5ccccc5[nH]4)ccc(c23)N1CCCCN1CCNCC1. The molecule has 0 bridgehead atoms. The summed E-state index contributed by atoms with van der Waals surface area (Å²) < 4.78 is 0. The summed E-state index contributed by atoms with van der Waals surface area (Å²) in [5, 5.41) is 5.53. The van der Waals surface area contributed by atoms with Crippen molar-refractivity contribution in [1.82, 2.24) is 20.2 Å². The molecule has 9 heteroatoms. The smallest absolute Gasteiger partial charge is 0.258 e. The summed E-state index contributed by atoms with van der Waals surface area (Å²) in [4.78, 5) is 26.0. The van der Waals surface area contributed by atoms with Crippen LogP contribution in [0.15, 0.2) is 54.6 Å². The molecule has 0 saturated carbocycles. The zero-order valence-electron chi connectivity index (χ0n) is 19.3. The van der Waals surface area contributed by atoms with E-state index in [2.05, 4.69) is 33.4 Å². The fourth-order valence-corrected chi connectivity index (χ4v) is 5.09. The van der Waals surface area contributed by atoms with Gasteiger partial charge in [-0.2, -0.15) is 0 Å². The number of nitrogens with zero attached hydrogens (tertiary/aromatic N) is 3. The van der Waals surface area contributed by atoms with Crippen molar-refractivity contribution in [2.24, 2.45) is 0 Å². The standard InChI is InChI=1S/C26H27N5O.3ClH/c32-26-20-7-5-6-18-19(25-28-21-8-1-2-9-22(21)29-25)10-11-23(24(18)20)31(26)15-4-3-14-30-16-12-27-13-17-30;;;/h1-2,5-11,27H,3-4,12-17H2,(H,28,29);3*1H. The first-order chi connectivity index (χ1) is 15.8. The lowest BCUT2D eigenvalue weighted by molar-refractivity contribution is 0.0992. The van der Waals surface area contributed by atoms with Crippen molar-refractivity contribution in [2.45, 2.75) is 12.8 Å². The van der Waals surface area contributed by atoms with E-state index in [1.807, 2.05) is 41.3 Å². The molecule has 2 aliphatic rings. The van der Waals surface area contributed by atoms with Crippen molar-refractivity contribution in [3.8, 4) is 11.4 Å². The van der Waals surface area contributed by atoms with Gasteiger partial charge in [-0.05, 0) is 55.1 Å². The van der Waals surface area contributed by atoms with Crippen molar-refractivity contribution >= 4 is 70.6 Å². The minimum atomic E-state index is 0.